The summed E-state index contributed by atoms with van der Waals surface area (Å²) >= 11 is 1.45. The molecule has 0 saturated carbocycles. The Bertz CT molecular complexity index is 253. The molecule has 0 aliphatic rings. The molecule has 1 rings (SSSR count). The molecular formula is C8H10O3S. The summed E-state index contributed by atoms with van der Waals surface area (Å²) in [6.45, 7) is 0. The van der Waals surface area contributed by atoms with E-state index in [0.29, 0.717) is 5.56 Å². The lowest BCUT2D eigenvalue weighted by molar-refractivity contribution is -0.103. The van der Waals surface area contributed by atoms with Gasteiger partial charge in [-0.25, -0.2) is 0 Å². The van der Waals surface area contributed by atoms with E-state index in [4.69, 9.17) is 9.47 Å². The monoisotopic (exact) mass is 186 g/mol. The molecule has 0 aliphatic heterocycles. The Morgan fingerprint density at radius 2 is 2.17 bits per heavy atom. The molecule has 12 heavy (non-hydrogen) atoms. The van der Waals surface area contributed by atoms with Crippen LogP contribution >= 0.6 is 11.3 Å². The molecule has 0 atom stereocenters. The number of carbonyl (C=O) groups excluding carboxylic acids is 1. The highest BCUT2D eigenvalue weighted by Gasteiger charge is 2.10. The van der Waals surface area contributed by atoms with E-state index in [1.165, 1.54) is 11.3 Å². The number of hydrogen-bond acceptors (Lipinski definition) is 4. The quantitative estimate of drug-likeness (QED) is 0.531. The molecule has 1 aromatic rings. The van der Waals surface area contributed by atoms with Crippen LogP contribution in [0.15, 0.2) is 11.4 Å². The summed E-state index contributed by atoms with van der Waals surface area (Å²) in [4.78, 5) is 11.2. The fourth-order valence-electron chi connectivity index (χ4n) is 0.882. The Hall–Kier alpha value is -0.710. The van der Waals surface area contributed by atoms with Crippen molar-refractivity contribution in [2.75, 3.05) is 14.2 Å². The largest absolute Gasteiger partial charge is 0.351 e. The van der Waals surface area contributed by atoms with Gasteiger partial charge in [0.2, 0.25) is 0 Å². The lowest BCUT2D eigenvalue weighted by Gasteiger charge is -2.09. The smallest absolute Gasteiger partial charge is 0.192 e. The fraction of sp³-hybridized carbons (Fsp3) is 0.375. The minimum absolute atomic E-state index is 0.358. The van der Waals surface area contributed by atoms with Gasteiger partial charge in [-0.05, 0) is 6.07 Å². The second kappa shape index (κ2) is 4.35. The van der Waals surface area contributed by atoms with Gasteiger partial charge in [-0.3, -0.25) is 4.79 Å². The third kappa shape index (κ3) is 1.91. The van der Waals surface area contributed by atoms with Gasteiger partial charge in [0.25, 0.3) is 0 Å². The Kier molecular flexibility index (Phi) is 3.40. The number of carbonyl (C=O) groups is 1. The normalized spacial score (nSPS) is 10.6. The number of aldehydes is 1. The van der Waals surface area contributed by atoms with Crippen LogP contribution < -0.4 is 0 Å². The number of rotatable bonds is 4. The highest BCUT2D eigenvalue weighted by atomic mass is 32.1. The molecule has 0 bridgehead atoms. The van der Waals surface area contributed by atoms with E-state index in [1.807, 2.05) is 0 Å². The Labute approximate surface area is 74.9 Å². The van der Waals surface area contributed by atoms with Crippen LogP contribution in [-0.4, -0.2) is 20.5 Å². The van der Waals surface area contributed by atoms with Crippen molar-refractivity contribution in [2.45, 2.75) is 6.29 Å². The zero-order valence-corrected chi connectivity index (χ0v) is 7.76. The first-order valence-electron chi connectivity index (χ1n) is 3.41. The maximum Gasteiger partial charge on any atom is 0.192 e. The Morgan fingerprint density at radius 3 is 2.58 bits per heavy atom. The molecule has 1 aromatic heterocycles. The Morgan fingerprint density at radius 1 is 1.50 bits per heavy atom. The summed E-state index contributed by atoms with van der Waals surface area (Å²) in [5, 5.41) is 1.77. The summed E-state index contributed by atoms with van der Waals surface area (Å²) in [5.41, 5.74) is 0.661. The number of hydrogen-bond donors (Lipinski definition) is 0. The minimum atomic E-state index is -0.358. The molecule has 4 heteroatoms. The van der Waals surface area contributed by atoms with Crippen LogP contribution in [-0.2, 0) is 9.47 Å². The van der Waals surface area contributed by atoms with Gasteiger partial charge in [-0.1, -0.05) is 0 Å². The van der Waals surface area contributed by atoms with E-state index < -0.39 is 0 Å². The van der Waals surface area contributed by atoms with Crippen molar-refractivity contribution < 1.29 is 14.3 Å². The molecule has 66 valence electrons. The summed E-state index contributed by atoms with van der Waals surface area (Å²) in [6, 6.07) is 1.76. The minimum Gasteiger partial charge on any atom is -0.351 e. The first kappa shape index (κ1) is 9.38. The molecule has 0 spiro atoms. The molecule has 0 saturated heterocycles. The maximum atomic E-state index is 10.3. The van der Waals surface area contributed by atoms with Crippen LogP contribution in [0.3, 0.4) is 0 Å². The van der Waals surface area contributed by atoms with Crippen LogP contribution in [0.1, 0.15) is 21.5 Å². The molecule has 0 fully saturated rings. The SMILES string of the molecule is COC(OC)c1cc(C=O)cs1. The van der Waals surface area contributed by atoms with Gasteiger partial charge in [0.05, 0.1) is 4.88 Å². The molecule has 0 unspecified atom stereocenters. The highest BCUT2D eigenvalue weighted by Crippen LogP contribution is 2.24. The molecule has 0 aromatic carbocycles. The van der Waals surface area contributed by atoms with E-state index in [9.17, 15) is 4.79 Å². The van der Waals surface area contributed by atoms with Crippen LogP contribution in [0.4, 0.5) is 0 Å². The predicted octanol–water partition coefficient (Wildman–Crippen LogP) is 1.85. The van der Waals surface area contributed by atoms with E-state index in [-0.39, 0.29) is 6.29 Å². The van der Waals surface area contributed by atoms with Crippen molar-refractivity contribution in [3.05, 3.63) is 21.9 Å². The van der Waals surface area contributed by atoms with Gasteiger partial charge in [0.1, 0.15) is 0 Å². The molecule has 0 N–H and O–H groups in total. The predicted molar refractivity (Wildman–Crippen MR) is 46.5 cm³/mol. The maximum absolute atomic E-state index is 10.3. The van der Waals surface area contributed by atoms with Crippen LogP contribution in [0.25, 0.3) is 0 Å². The molecule has 3 nitrogen and oxygen atoms in total. The lowest BCUT2D eigenvalue weighted by atomic mass is 10.3. The van der Waals surface area contributed by atoms with Gasteiger partial charge in [0, 0.05) is 25.2 Å². The Balaban J connectivity index is 2.79. The number of thiophene rings is 1. The average molecular weight is 186 g/mol. The highest BCUT2D eigenvalue weighted by molar-refractivity contribution is 7.10. The average Bonchev–Trinajstić information content (AvgIpc) is 2.55. The van der Waals surface area contributed by atoms with Crippen LogP contribution in [0.2, 0.25) is 0 Å². The first-order valence-corrected chi connectivity index (χ1v) is 4.29. The van der Waals surface area contributed by atoms with Gasteiger partial charge < -0.3 is 9.47 Å². The molecule has 0 amide bonds. The van der Waals surface area contributed by atoms with Crippen molar-refractivity contribution in [3.8, 4) is 0 Å². The number of methoxy groups -OCH3 is 2. The molecular weight excluding hydrogens is 176 g/mol. The van der Waals surface area contributed by atoms with Crippen LogP contribution in [0, 0.1) is 0 Å². The van der Waals surface area contributed by atoms with Crippen molar-refractivity contribution in [1.82, 2.24) is 0 Å². The summed E-state index contributed by atoms with van der Waals surface area (Å²) < 4.78 is 10.0. The molecule has 1 heterocycles. The van der Waals surface area contributed by atoms with Gasteiger partial charge in [-0.15, -0.1) is 11.3 Å². The third-order valence-corrected chi connectivity index (χ3v) is 2.41. The number of ether oxygens (including phenoxy) is 2. The third-order valence-electron chi connectivity index (χ3n) is 1.44. The van der Waals surface area contributed by atoms with Gasteiger partial charge in [-0.2, -0.15) is 0 Å². The fourth-order valence-corrected chi connectivity index (χ4v) is 1.79. The van der Waals surface area contributed by atoms with E-state index in [2.05, 4.69) is 0 Å². The van der Waals surface area contributed by atoms with Crippen molar-refractivity contribution in [1.29, 1.82) is 0 Å². The van der Waals surface area contributed by atoms with Gasteiger partial charge in [0.15, 0.2) is 12.6 Å². The van der Waals surface area contributed by atoms with E-state index in [1.54, 1.807) is 25.7 Å². The zero-order chi connectivity index (χ0) is 8.97. The topological polar surface area (TPSA) is 35.5 Å². The van der Waals surface area contributed by atoms with Crippen molar-refractivity contribution in [2.24, 2.45) is 0 Å². The van der Waals surface area contributed by atoms with Gasteiger partial charge >= 0.3 is 0 Å². The second-order valence-corrected chi connectivity index (χ2v) is 3.15. The second-order valence-electron chi connectivity index (χ2n) is 2.20. The zero-order valence-electron chi connectivity index (χ0n) is 6.94. The molecule has 0 radical (unpaired) electrons. The van der Waals surface area contributed by atoms with Crippen molar-refractivity contribution in [3.63, 3.8) is 0 Å². The standard InChI is InChI=1S/C8H10O3S/c1-10-8(11-2)7-3-6(4-9)5-12-7/h3-5,8H,1-2H3. The summed E-state index contributed by atoms with van der Waals surface area (Å²) in [5.74, 6) is 0. The summed E-state index contributed by atoms with van der Waals surface area (Å²) in [6.07, 6.45) is 0.450. The van der Waals surface area contributed by atoms with Crippen molar-refractivity contribution >= 4 is 17.6 Å². The van der Waals surface area contributed by atoms with E-state index >= 15 is 0 Å². The lowest BCUT2D eigenvalue weighted by Crippen LogP contribution is -2.00. The summed E-state index contributed by atoms with van der Waals surface area (Å²) in [7, 11) is 3.13. The molecule has 0 aliphatic carbocycles. The van der Waals surface area contributed by atoms with E-state index in [0.717, 1.165) is 11.2 Å². The van der Waals surface area contributed by atoms with Crippen LogP contribution in [0.5, 0.6) is 0 Å². The first-order chi connectivity index (χ1) is 5.81.